The second-order valence-corrected chi connectivity index (χ2v) is 3.13. The van der Waals surface area contributed by atoms with Crippen molar-refractivity contribution in [2.24, 2.45) is 5.92 Å². The molecule has 0 saturated carbocycles. The summed E-state index contributed by atoms with van der Waals surface area (Å²) in [6.45, 7) is 6.26. The molecule has 0 fully saturated rings. The van der Waals surface area contributed by atoms with Crippen LogP contribution in [0.2, 0.25) is 0 Å². The van der Waals surface area contributed by atoms with Crippen molar-refractivity contribution in [1.29, 1.82) is 0 Å². The van der Waals surface area contributed by atoms with Gasteiger partial charge in [-0.3, -0.25) is 4.79 Å². The van der Waals surface area contributed by atoms with E-state index < -0.39 is 0 Å². The highest BCUT2D eigenvalue weighted by molar-refractivity contribution is 5.78. The molecule has 0 bridgehead atoms. The van der Waals surface area contributed by atoms with Crippen LogP contribution in [0.5, 0.6) is 0 Å². The Morgan fingerprint density at radius 3 is 2.83 bits per heavy atom. The molecular formula is C10H18O2. The minimum absolute atomic E-state index is 0.305. The number of Topliss-reactive ketones (excluding diaryl/α,β-unsaturated/α-hetero) is 1. The molecule has 0 aliphatic heterocycles. The molecule has 12 heavy (non-hydrogen) atoms. The molecule has 0 spiro atoms. The lowest BCUT2D eigenvalue weighted by Crippen LogP contribution is -2.09. The first-order valence-corrected chi connectivity index (χ1v) is 4.32. The highest BCUT2D eigenvalue weighted by atomic mass is 16.5. The Morgan fingerprint density at radius 2 is 2.33 bits per heavy atom. The van der Waals surface area contributed by atoms with E-state index in [9.17, 15) is 4.79 Å². The number of carbonyl (C=O) groups excluding carboxylic acids is 1. The van der Waals surface area contributed by atoms with E-state index in [4.69, 9.17) is 4.74 Å². The van der Waals surface area contributed by atoms with Gasteiger partial charge < -0.3 is 4.74 Å². The van der Waals surface area contributed by atoms with E-state index >= 15 is 0 Å². The van der Waals surface area contributed by atoms with E-state index in [1.807, 2.05) is 6.92 Å². The Hall–Kier alpha value is -0.630. The maximum atomic E-state index is 11.2. The zero-order valence-corrected chi connectivity index (χ0v) is 8.01. The van der Waals surface area contributed by atoms with Crippen molar-refractivity contribution in [2.45, 2.75) is 26.2 Å². The van der Waals surface area contributed by atoms with E-state index in [1.54, 1.807) is 13.2 Å². The van der Waals surface area contributed by atoms with Gasteiger partial charge in [0, 0.05) is 26.6 Å². The lowest BCUT2D eigenvalue weighted by atomic mass is 10.0. The predicted octanol–water partition coefficient (Wildman–Crippen LogP) is 2.19. The second-order valence-electron chi connectivity index (χ2n) is 3.13. The first-order valence-electron chi connectivity index (χ1n) is 4.32. The summed E-state index contributed by atoms with van der Waals surface area (Å²) < 4.78 is 4.94. The Bertz CT molecular complexity index is 141. The van der Waals surface area contributed by atoms with Crippen molar-refractivity contribution in [3.63, 3.8) is 0 Å². The van der Waals surface area contributed by atoms with Gasteiger partial charge >= 0.3 is 0 Å². The standard InChI is InChI=1S/C10H18O2/c1-4-5-6-10(11)7-9(2)8-12-3/h4,9H,1,5-8H2,2-3H3. The van der Waals surface area contributed by atoms with Gasteiger partial charge in [0.1, 0.15) is 5.78 Å². The summed E-state index contributed by atoms with van der Waals surface area (Å²) >= 11 is 0. The van der Waals surface area contributed by atoms with Gasteiger partial charge in [-0.05, 0) is 12.3 Å². The minimum atomic E-state index is 0.305. The fourth-order valence-corrected chi connectivity index (χ4v) is 1.10. The van der Waals surface area contributed by atoms with Crippen LogP contribution in [-0.4, -0.2) is 19.5 Å². The highest BCUT2D eigenvalue weighted by Crippen LogP contribution is 2.06. The summed E-state index contributed by atoms with van der Waals surface area (Å²) in [4.78, 5) is 11.2. The van der Waals surface area contributed by atoms with Crippen molar-refractivity contribution in [1.82, 2.24) is 0 Å². The van der Waals surface area contributed by atoms with Crippen LogP contribution in [0.25, 0.3) is 0 Å². The lowest BCUT2D eigenvalue weighted by Gasteiger charge is -2.07. The maximum absolute atomic E-state index is 11.2. The smallest absolute Gasteiger partial charge is 0.133 e. The van der Waals surface area contributed by atoms with Crippen LogP contribution >= 0.6 is 0 Å². The summed E-state index contributed by atoms with van der Waals surface area (Å²) in [5.41, 5.74) is 0. The van der Waals surface area contributed by atoms with E-state index in [0.29, 0.717) is 31.1 Å². The zero-order chi connectivity index (χ0) is 9.40. The van der Waals surface area contributed by atoms with E-state index in [1.165, 1.54) is 0 Å². The van der Waals surface area contributed by atoms with Crippen molar-refractivity contribution in [2.75, 3.05) is 13.7 Å². The fourth-order valence-electron chi connectivity index (χ4n) is 1.10. The third-order valence-corrected chi connectivity index (χ3v) is 1.65. The molecule has 0 aromatic heterocycles. The molecule has 70 valence electrons. The third kappa shape index (κ3) is 6.10. The van der Waals surface area contributed by atoms with Crippen molar-refractivity contribution >= 4 is 5.78 Å². The van der Waals surface area contributed by atoms with Gasteiger partial charge in [0.25, 0.3) is 0 Å². The second kappa shape index (κ2) is 7.04. The molecule has 2 nitrogen and oxygen atoms in total. The van der Waals surface area contributed by atoms with E-state index in [0.717, 1.165) is 6.42 Å². The van der Waals surface area contributed by atoms with Gasteiger partial charge in [0.2, 0.25) is 0 Å². The Kier molecular flexibility index (Phi) is 6.67. The molecule has 1 unspecified atom stereocenters. The van der Waals surface area contributed by atoms with E-state index in [-0.39, 0.29) is 0 Å². The molecule has 0 aromatic carbocycles. The molecule has 0 N–H and O–H groups in total. The quantitative estimate of drug-likeness (QED) is 0.547. The van der Waals surface area contributed by atoms with Crippen LogP contribution in [0.4, 0.5) is 0 Å². The fraction of sp³-hybridized carbons (Fsp3) is 0.700. The number of allylic oxidation sites excluding steroid dienone is 1. The van der Waals surface area contributed by atoms with Gasteiger partial charge in [-0.1, -0.05) is 13.0 Å². The average Bonchev–Trinajstić information content (AvgIpc) is 2.01. The van der Waals surface area contributed by atoms with Gasteiger partial charge in [0.15, 0.2) is 0 Å². The van der Waals surface area contributed by atoms with Crippen LogP contribution in [0, 0.1) is 5.92 Å². The van der Waals surface area contributed by atoms with Crippen LogP contribution in [0.1, 0.15) is 26.2 Å². The normalized spacial score (nSPS) is 12.5. The summed E-state index contributed by atoms with van der Waals surface area (Å²) in [6.07, 6.45) is 3.82. The van der Waals surface area contributed by atoms with Gasteiger partial charge in [0.05, 0.1) is 0 Å². The zero-order valence-electron chi connectivity index (χ0n) is 8.01. The van der Waals surface area contributed by atoms with E-state index in [2.05, 4.69) is 6.58 Å². The van der Waals surface area contributed by atoms with Crippen molar-refractivity contribution in [3.05, 3.63) is 12.7 Å². The van der Waals surface area contributed by atoms with Crippen LogP contribution < -0.4 is 0 Å². The predicted molar refractivity (Wildman–Crippen MR) is 50.1 cm³/mol. The minimum Gasteiger partial charge on any atom is -0.384 e. The summed E-state index contributed by atoms with van der Waals surface area (Å²) in [6, 6.07) is 0. The Balaban J connectivity index is 3.46. The lowest BCUT2D eigenvalue weighted by molar-refractivity contribution is -0.120. The molecule has 2 heteroatoms. The third-order valence-electron chi connectivity index (χ3n) is 1.65. The highest BCUT2D eigenvalue weighted by Gasteiger charge is 2.07. The SMILES string of the molecule is C=CCCC(=O)CC(C)COC. The number of hydrogen-bond donors (Lipinski definition) is 0. The number of ketones is 1. The average molecular weight is 170 g/mol. The molecule has 1 atom stereocenters. The number of ether oxygens (including phenoxy) is 1. The molecule has 0 heterocycles. The molecule has 0 aromatic rings. The molecule has 0 saturated heterocycles. The number of hydrogen-bond acceptors (Lipinski definition) is 2. The molecule has 0 aliphatic rings. The summed E-state index contributed by atoms with van der Waals surface area (Å²) in [7, 11) is 1.66. The molecule has 0 rings (SSSR count). The number of methoxy groups -OCH3 is 1. The van der Waals surface area contributed by atoms with Crippen LogP contribution in [0.3, 0.4) is 0 Å². The monoisotopic (exact) mass is 170 g/mol. The number of carbonyl (C=O) groups is 1. The molecule has 0 radical (unpaired) electrons. The summed E-state index contributed by atoms with van der Waals surface area (Å²) in [5.74, 6) is 0.645. The first kappa shape index (κ1) is 11.4. The van der Waals surface area contributed by atoms with Gasteiger partial charge in [-0.25, -0.2) is 0 Å². The topological polar surface area (TPSA) is 26.3 Å². The maximum Gasteiger partial charge on any atom is 0.133 e. The van der Waals surface area contributed by atoms with Gasteiger partial charge in [-0.15, -0.1) is 6.58 Å². The van der Waals surface area contributed by atoms with Crippen molar-refractivity contribution in [3.8, 4) is 0 Å². The first-order chi connectivity index (χ1) is 5.70. The van der Waals surface area contributed by atoms with Crippen molar-refractivity contribution < 1.29 is 9.53 Å². The van der Waals surface area contributed by atoms with Gasteiger partial charge in [-0.2, -0.15) is 0 Å². The number of rotatable bonds is 7. The Labute approximate surface area is 74.6 Å². The summed E-state index contributed by atoms with van der Waals surface area (Å²) in [5, 5.41) is 0. The largest absolute Gasteiger partial charge is 0.384 e. The van der Waals surface area contributed by atoms with Crippen LogP contribution in [0.15, 0.2) is 12.7 Å². The molecule has 0 amide bonds. The molecular weight excluding hydrogens is 152 g/mol. The Morgan fingerprint density at radius 1 is 1.67 bits per heavy atom. The molecule has 0 aliphatic carbocycles. The van der Waals surface area contributed by atoms with Crippen LogP contribution in [-0.2, 0) is 9.53 Å².